The van der Waals surface area contributed by atoms with Gasteiger partial charge in [-0.25, -0.2) is 17.7 Å². The fourth-order valence-electron chi connectivity index (χ4n) is 6.40. The zero-order valence-corrected chi connectivity index (χ0v) is 25.3. The number of anilines is 1. The van der Waals surface area contributed by atoms with Gasteiger partial charge >= 0.3 is 0 Å². The van der Waals surface area contributed by atoms with Crippen LogP contribution in [0.3, 0.4) is 0 Å². The molecule has 2 unspecified atom stereocenters. The Morgan fingerprint density at radius 2 is 1.89 bits per heavy atom. The van der Waals surface area contributed by atoms with Gasteiger partial charge < -0.3 is 19.2 Å². The fourth-order valence-corrected chi connectivity index (χ4v) is 7.86. The molecule has 12 heteroatoms. The number of sulfonamides is 1. The zero-order valence-electron chi connectivity index (χ0n) is 24.5. The van der Waals surface area contributed by atoms with Crippen molar-refractivity contribution in [1.82, 2.24) is 15.2 Å². The van der Waals surface area contributed by atoms with Crippen LogP contribution in [-0.4, -0.2) is 52.0 Å². The van der Waals surface area contributed by atoms with Gasteiger partial charge in [0.15, 0.2) is 5.54 Å². The molecule has 0 radical (unpaired) electrons. The molecule has 0 spiro atoms. The third kappa shape index (κ3) is 4.43. The summed E-state index contributed by atoms with van der Waals surface area (Å²) in [5, 5.41) is 13.1. The van der Waals surface area contributed by atoms with E-state index in [0.717, 1.165) is 9.87 Å². The summed E-state index contributed by atoms with van der Waals surface area (Å²) >= 11 is 0. The maximum absolute atomic E-state index is 15.3. The Morgan fingerprint density at radius 1 is 1.09 bits per heavy atom. The molecule has 2 aliphatic heterocycles. The van der Waals surface area contributed by atoms with Gasteiger partial charge in [-0.05, 0) is 74.0 Å². The van der Waals surface area contributed by atoms with E-state index in [2.05, 4.69) is 16.4 Å². The van der Waals surface area contributed by atoms with Crippen LogP contribution in [0.5, 0.6) is 11.5 Å². The summed E-state index contributed by atoms with van der Waals surface area (Å²) in [6, 6.07) is 17.7. The van der Waals surface area contributed by atoms with E-state index in [9.17, 15) is 13.7 Å². The summed E-state index contributed by atoms with van der Waals surface area (Å²) in [6.45, 7) is 0.972. The number of ether oxygens (including phenoxy) is 2. The number of nitriles is 1. The van der Waals surface area contributed by atoms with Crippen LogP contribution in [0.4, 0.5) is 5.69 Å². The Hall–Kier alpha value is -4.70. The maximum atomic E-state index is 15.3. The highest BCUT2D eigenvalue weighted by Crippen LogP contribution is 2.56. The highest BCUT2D eigenvalue weighted by atomic mass is 32.2. The second-order valence-electron chi connectivity index (χ2n) is 10.6. The van der Waals surface area contributed by atoms with E-state index >= 15 is 4.79 Å². The minimum Gasteiger partial charge on any atom is -0.497 e. The minimum absolute atomic E-state index is 0.0835. The second-order valence-corrected chi connectivity index (χ2v) is 12.4. The number of aromatic nitrogens is 1. The van der Waals surface area contributed by atoms with Crippen molar-refractivity contribution < 1.29 is 27.1 Å². The first kappa shape index (κ1) is 29.4. The van der Waals surface area contributed by atoms with Crippen molar-refractivity contribution in [1.29, 1.82) is 5.26 Å². The molecule has 1 amide bonds. The Bertz CT molecular complexity index is 1850. The van der Waals surface area contributed by atoms with E-state index < -0.39 is 27.5 Å². The molecule has 3 aromatic carbocycles. The van der Waals surface area contributed by atoms with Gasteiger partial charge in [0.05, 0.1) is 48.7 Å². The average molecular weight is 614 g/mol. The van der Waals surface area contributed by atoms with Crippen LogP contribution in [0.15, 0.2) is 82.4 Å². The van der Waals surface area contributed by atoms with Crippen LogP contribution in [0.2, 0.25) is 0 Å². The van der Waals surface area contributed by atoms with Crippen LogP contribution < -0.4 is 19.1 Å². The number of rotatable bonds is 9. The van der Waals surface area contributed by atoms with Gasteiger partial charge in [0.2, 0.25) is 5.89 Å². The lowest BCUT2D eigenvalue weighted by atomic mass is 9.80. The average Bonchev–Trinajstić information content (AvgIpc) is 3.80. The number of oxazole rings is 1. The predicted octanol–water partition coefficient (Wildman–Crippen LogP) is 4.10. The maximum Gasteiger partial charge on any atom is 0.271 e. The topological polar surface area (TPSA) is 138 Å². The van der Waals surface area contributed by atoms with Crippen LogP contribution in [0.1, 0.15) is 47.0 Å². The number of carbonyl (C=O) groups excluding carboxylic acids is 1. The number of hydrogen-bond acceptors (Lipinski definition) is 10. The van der Waals surface area contributed by atoms with Crippen molar-refractivity contribution in [2.75, 3.05) is 32.1 Å². The molecule has 1 aromatic heterocycles. The van der Waals surface area contributed by atoms with Crippen molar-refractivity contribution in [3.05, 3.63) is 101 Å². The van der Waals surface area contributed by atoms with E-state index in [1.54, 1.807) is 18.3 Å². The Labute approximate surface area is 255 Å². The molecule has 1 fully saturated rings. The van der Waals surface area contributed by atoms with Crippen molar-refractivity contribution in [2.45, 2.75) is 35.9 Å². The van der Waals surface area contributed by atoms with E-state index in [4.69, 9.17) is 13.9 Å². The normalized spacial score (nSPS) is 20.0. The molecule has 11 nitrogen and oxygen atoms in total. The smallest absolute Gasteiger partial charge is 0.271 e. The lowest BCUT2D eigenvalue weighted by Gasteiger charge is -2.41. The molecule has 0 saturated carbocycles. The quantitative estimate of drug-likeness (QED) is 0.294. The number of likely N-dealkylation sites (tertiary alicyclic amines) is 1. The van der Waals surface area contributed by atoms with E-state index in [1.807, 2.05) is 24.1 Å². The molecular weight excluding hydrogens is 582 g/mol. The first-order valence-electron chi connectivity index (χ1n) is 14.1. The zero-order chi connectivity index (χ0) is 31.1. The highest BCUT2D eigenvalue weighted by Gasteiger charge is 2.62. The van der Waals surface area contributed by atoms with E-state index in [1.165, 1.54) is 56.9 Å². The fraction of sp³-hybridized carbons (Fsp3) is 0.281. The lowest BCUT2D eigenvalue weighted by molar-refractivity contribution is -0.127. The number of hydrogen-bond donors (Lipinski definition) is 1. The molecule has 44 heavy (non-hydrogen) atoms. The molecule has 1 N–H and O–H groups in total. The minimum atomic E-state index is -4.43. The van der Waals surface area contributed by atoms with E-state index in [0.29, 0.717) is 54.4 Å². The van der Waals surface area contributed by atoms with Crippen LogP contribution >= 0.6 is 0 Å². The Kier molecular flexibility index (Phi) is 7.63. The van der Waals surface area contributed by atoms with E-state index in [-0.39, 0.29) is 16.1 Å². The lowest BCUT2D eigenvalue weighted by Crippen LogP contribution is -2.54. The first-order chi connectivity index (χ1) is 21.3. The van der Waals surface area contributed by atoms with Gasteiger partial charge in [-0.15, -0.1) is 0 Å². The standard InChI is InChI=1S/C32H31N5O6S/c1-34-20-22-6-12-25(29(18-22)42-3)32(36-15-4-5-28(36)30-35-14-16-43-30)26-17-21(19-33)7-13-27(26)37(31(32)38)44(39,40)24-10-8-23(41-2)9-11-24/h6-14,16-18,28,34H,4-5,15,20H2,1-3H3. The Balaban J connectivity index is 1.67. The summed E-state index contributed by atoms with van der Waals surface area (Å²) in [7, 11) is 0.399. The van der Waals surface area contributed by atoms with Crippen molar-refractivity contribution in [3.63, 3.8) is 0 Å². The molecule has 4 aromatic rings. The van der Waals surface area contributed by atoms with Gasteiger partial charge in [-0.3, -0.25) is 9.69 Å². The number of methoxy groups -OCH3 is 2. The summed E-state index contributed by atoms with van der Waals surface area (Å²) in [5.74, 6) is 0.579. The number of fused-ring (bicyclic) bond motifs is 1. The van der Waals surface area contributed by atoms with Gasteiger partial charge in [-0.2, -0.15) is 5.26 Å². The molecule has 6 rings (SSSR count). The van der Waals surface area contributed by atoms with Crippen molar-refractivity contribution in [2.24, 2.45) is 0 Å². The molecule has 226 valence electrons. The second kappa shape index (κ2) is 11.4. The van der Waals surface area contributed by atoms with Gasteiger partial charge in [0.1, 0.15) is 17.8 Å². The third-order valence-corrected chi connectivity index (χ3v) is 9.99. The van der Waals surface area contributed by atoms with Gasteiger partial charge in [0.25, 0.3) is 15.9 Å². The number of carbonyl (C=O) groups is 1. The molecule has 1 saturated heterocycles. The molecule has 2 atom stereocenters. The monoisotopic (exact) mass is 613 g/mol. The summed E-state index contributed by atoms with van der Waals surface area (Å²) in [6.07, 6.45) is 4.34. The van der Waals surface area contributed by atoms with Crippen LogP contribution in [0, 0.1) is 11.3 Å². The van der Waals surface area contributed by atoms with Crippen molar-refractivity contribution in [3.8, 4) is 17.6 Å². The Morgan fingerprint density at radius 3 is 2.55 bits per heavy atom. The summed E-state index contributed by atoms with van der Waals surface area (Å²) in [5.41, 5.74) is 0.448. The molecular formula is C32H31N5O6S. The third-order valence-electron chi connectivity index (χ3n) is 8.28. The number of nitrogens with zero attached hydrogens (tertiary/aromatic N) is 4. The largest absolute Gasteiger partial charge is 0.497 e. The highest BCUT2D eigenvalue weighted by molar-refractivity contribution is 7.93. The number of nitrogens with one attached hydrogen (secondary N) is 1. The van der Waals surface area contributed by atoms with Gasteiger partial charge in [0, 0.05) is 24.2 Å². The molecule has 2 aliphatic rings. The number of amides is 1. The number of benzene rings is 3. The van der Waals surface area contributed by atoms with Crippen LogP contribution in [-0.2, 0) is 26.9 Å². The predicted molar refractivity (Wildman–Crippen MR) is 161 cm³/mol. The summed E-state index contributed by atoms with van der Waals surface area (Å²) < 4.78 is 46.6. The molecule has 0 aliphatic carbocycles. The summed E-state index contributed by atoms with van der Waals surface area (Å²) in [4.78, 5) is 21.6. The van der Waals surface area contributed by atoms with Crippen molar-refractivity contribution >= 4 is 21.6 Å². The first-order valence-corrected chi connectivity index (χ1v) is 15.5. The van der Waals surface area contributed by atoms with Gasteiger partial charge in [-0.1, -0.05) is 12.1 Å². The SMILES string of the molecule is CNCc1ccc(C2(N3CCCC3c3ncco3)C(=O)N(S(=O)(=O)c3ccc(OC)cc3)c3ccc(C#N)cc32)c(OC)c1. The molecule has 0 bridgehead atoms. The van der Waals surface area contributed by atoms with Crippen LogP contribution in [0.25, 0.3) is 0 Å². The molecule has 3 heterocycles.